The van der Waals surface area contributed by atoms with E-state index < -0.39 is 0 Å². The molecule has 0 saturated carbocycles. The van der Waals surface area contributed by atoms with E-state index in [9.17, 15) is 0 Å². The Hall–Kier alpha value is -0.300. The average molecular weight is 141 g/mol. The number of nitrogens with one attached hydrogen (secondary N) is 1. The van der Waals surface area contributed by atoms with Gasteiger partial charge in [-0.25, -0.2) is 0 Å². The molecule has 1 nitrogen and oxygen atoms in total. The highest BCUT2D eigenvalue weighted by Crippen LogP contribution is 2.06. The third kappa shape index (κ3) is 5.83. The lowest BCUT2D eigenvalue weighted by atomic mass is 10.0. The van der Waals surface area contributed by atoms with Crippen LogP contribution in [-0.4, -0.2) is 13.1 Å². The molecule has 0 aromatic carbocycles. The fourth-order valence-corrected chi connectivity index (χ4v) is 1.03. The Labute approximate surface area is 64.5 Å². The molecule has 1 saturated heterocycles. The van der Waals surface area contributed by atoms with Crippen LogP contribution in [0.3, 0.4) is 0 Å². The number of hydrogen-bond donors (Lipinski definition) is 1. The van der Waals surface area contributed by atoms with Crippen LogP contribution >= 0.6 is 0 Å². The fourth-order valence-electron chi connectivity index (χ4n) is 1.03. The van der Waals surface area contributed by atoms with Crippen molar-refractivity contribution in [3.05, 3.63) is 12.7 Å². The molecule has 1 atom stereocenters. The van der Waals surface area contributed by atoms with Gasteiger partial charge in [-0.2, -0.15) is 0 Å². The molecule has 1 aliphatic heterocycles. The van der Waals surface area contributed by atoms with Crippen LogP contribution in [0.2, 0.25) is 0 Å². The van der Waals surface area contributed by atoms with Gasteiger partial charge in [0, 0.05) is 0 Å². The van der Waals surface area contributed by atoms with Crippen molar-refractivity contribution in [2.75, 3.05) is 13.1 Å². The summed E-state index contributed by atoms with van der Waals surface area (Å²) in [4.78, 5) is 0. The monoisotopic (exact) mass is 141 g/mol. The largest absolute Gasteiger partial charge is 0.316 e. The SMILES string of the molecule is C=CC.CC1CCCNC1. The predicted octanol–water partition coefficient (Wildman–Crippen LogP) is 2.20. The van der Waals surface area contributed by atoms with E-state index in [-0.39, 0.29) is 0 Å². The third-order valence-electron chi connectivity index (χ3n) is 1.54. The molecule has 1 unspecified atom stereocenters. The standard InChI is InChI=1S/C6H13N.C3H6/c1-6-3-2-4-7-5-6;1-3-2/h6-7H,2-5H2,1H3;3H,1H2,2H3. The Bertz CT molecular complexity index is 72.8. The van der Waals surface area contributed by atoms with Crippen LogP contribution in [0.4, 0.5) is 0 Å². The Morgan fingerprint density at radius 2 is 2.20 bits per heavy atom. The highest BCUT2D eigenvalue weighted by Gasteiger charge is 2.04. The summed E-state index contributed by atoms with van der Waals surface area (Å²) < 4.78 is 0. The van der Waals surface area contributed by atoms with Crippen molar-refractivity contribution in [1.29, 1.82) is 0 Å². The van der Waals surface area contributed by atoms with Crippen LogP contribution in [0, 0.1) is 5.92 Å². The van der Waals surface area contributed by atoms with E-state index in [1.807, 2.05) is 6.92 Å². The first kappa shape index (κ1) is 9.70. The van der Waals surface area contributed by atoms with Gasteiger partial charge < -0.3 is 5.32 Å². The zero-order chi connectivity index (χ0) is 7.82. The van der Waals surface area contributed by atoms with Crippen LogP contribution in [0.1, 0.15) is 26.7 Å². The van der Waals surface area contributed by atoms with Crippen LogP contribution in [0.25, 0.3) is 0 Å². The maximum absolute atomic E-state index is 3.36. The number of allylic oxidation sites excluding steroid dienone is 1. The first-order valence-corrected chi connectivity index (χ1v) is 4.09. The molecule has 10 heavy (non-hydrogen) atoms. The first-order chi connectivity index (χ1) is 4.81. The summed E-state index contributed by atoms with van der Waals surface area (Å²) in [7, 11) is 0. The zero-order valence-corrected chi connectivity index (χ0v) is 7.19. The van der Waals surface area contributed by atoms with E-state index in [1.165, 1.54) is 25.9 Å². The van der Waals surface area contributed by atoms with Crippen molar-refractivity contribution in [3.63, 3.8) is 0 Å². The van der Waals surface area contributed by atoms with Gasteiger partial charge in [0.15, 0.2) is 0 Å². The van der Waals surface area contributed by atoms with Gasteiger partial charge in [0.1, 0.15) is 0 Å². The van der Waals surface area contributed by atoms with Crippen LogP contribution in [0.5, 0.6) is 0 Å². The van der Waals surface area contributed by atoms with Crippen molar-refractivity contribution in [3.8, 4) is 0 Å². The molecule has 1 N–H and O–H groups in total. The van der Waals surface area contributed by atoms with Gasteiger partial charge in [-0.3, -0.25) is 0 Å². The molecule has 1 heterocycles. The Morgan fingerprint density at radius 3 is 2.40 bits per heavy atom. The van der Waals surface area contributed by atoms with Gasteiger partial charge in [0.25, 0.3) is 0 Å². The molecule has 1 rings (SSSR count). The van der Waals surface area contributed by atoms with Gasteiger partial charge in [0.05, 0.1) is 0 Å². The quantitative estimate of drug-likeness (QED) is 0.510. The summed E-state index contributed by atoms with van der Waals surface area (Å²) in [5, 5.41) is 3.33. The molecule has 0 radical (unpaired) electrons. The third-order valence-corrected chi connectivity index (χ3v) is 1.54. The molecule has 0 aromatic rings. The molecule has 0 spiro atoms. The fraction of sp³-hybridized carbons (Fsp3) is 0.778. The van der Waals surface area contributed by atoms with Crippen molar-refractivity contribution in [2.24, 2.45) is 5.92 Å². The molecule has 1 heteroatoms. The van der Waals surface area contributed by atoms with Crippen molar-refractivity contribution in [2.45, 2.75) is 26.7 Å². The summed E-state index contributed by atoms with van der Waals surface area (Å²) in [5.41, 5.74) is 0. The molecule has 0 amide bonds. The lowest BCUT2D eigenvalue weighted by Crippen LogP contribution is -2.27. The minimum atomic E-state index is 0.925. The minimum Gasteiger partial charge on any atom is -0.316 e. The maximum Gasteiger partial charge on any atom is -0.00231 e. The van der Waals surface area contributed by atoms with Crippen LogP contribution in [-0.2, 0) is 0 Å². The van der Waals surface area contributed by atoms with E-state index in [0.29, 0.717) is 0 Å². The maximum atomic E-state index is 3.36. The summed E-state index contributed by atoms with van der Waals surface area (Å²) in [6.45, 7) is 10.0. The average Bonchev–Trinajstić information content (AvgIpc) is 1.91. The second-order valence-electron chi connectivity index (χ2n) is 2.86. The molecule has 0 aromatic heterocycles. The number of rotatable bonds is 0. The van der Waals surface area contributed by atoms with Gasteiger partial charge in [-0.05, 0) is 38.8 Å². The van der Waals surface area contributed by atoms with E-state index >= 15 is 0 Å². The molecule has 1 fully saturated rings. The Balaban J connectivity index is 0.000000236. The summed E-state index contributed by atoms with van der Waals surface area (Å²) in [5.74, 6) is 0.925. The van der Waals surface area contributed by atoms with Gasteiger partial charge in [-0.1, -0.05) is 13.0 Å². The molecule has 60 valence electrons. The first-order valence-electron chi connectivity index (χ1n) is 4.09. The highest BCUT2D eigenvalue weighted by molar-refractivity contribution is 4.63. The summed E-state index contributed by atoms with van der Waals surface area (Å²) >= 11 is 0. The van der Waals surface area contributed by atoms with Crippen molar-refractivity contribution < 1.29 is 0 Å². The lowest BCUT2D eigenvalue weighted by molar-refractivity contribution is 0.405. The topological polar surface area (TPSA) is 12.0 Å². The minimum absolute atomic E-state index is 0.925. The van der Waals surface area contributed by atoms with Crippen LogP contribution < -0.4 is 5.32 Å². The highest BCUT2D eigenvalue weighted by atomic mass is 14.9. The van der Waals surface area contributed by atoms with E-state index in [2.05, 4.69) is 18.8 Å². The number of hydrogen-bond acceptors (Lipinski definition) is 1. The number of piperidine rings is 1. The van der Waals surface area contributed by atoms with Gasteiger partial charge in [0.2, 0.25) is 0 Å². The summed E-state index contributed by atoms with van der Waals surface area (Å²) in [6, 6.07) is 0. The molecule has 0 bridgehead atoms. The van der Waals surface area contributed by atoms with Gasteiger partial charge in [-0.15, -0.1) is 6.58 Å². The second-order valence-corrected chi connectivity index (χ2v) is 2.86. The molecular weight excluding hydrogens is 122 g/mol. The zero-order valence-electron chi connectivity index (χ0n) is 7.19. The summed E-state index contributed by atoms with van der Waals surface area (Å²) in [6.07, 6.45) is 4.55. The Morgan fingerprint density at radius 1 is 1.60 bits per heavy atom. The molecular formula is C9H19N. The van der Waals surface area contributed by atoms with E-state index in [4.69, 9.17) is 0 Å². The smallest absolute Gasteiger partial charge is 0.00231 e. The normalized spacial score (nSPS) is 24.4. The lowest BCUT2D eigenvalue weighted by Gasteiger charge is -2.17. The molecule has 1 aliphatic rings. The van der Waals surface area contributed by atoms with Crippen LogP contribution in [0.15, 0.2) is 12.7 Å². The predicted molar refractivity (Wildman–Crippen MR) is 47.1 cm³/mol. The second kappa shape index (κ2) is 6.81. The Kier molecular flexibility index (Phi) is 6.61. The molecule has 0 aliphatic carbocycles. The van der Waals surface area contributed by atoms with E-state index in [1.54, 1.807) is 6.08 Å². The van der Waals surface area contributed by atoms with Crippen molar-refractivity contribution in [1.82, 2.24) is 5.32 Å². The van der Waals surface area contributed by atoms with Crippen molar-refractivity contribution >= 4 is 0 Å². The van der Waals surface area contributed by atoms with Gasteiger partial charge >= 0.3 is 0 Å². The van der Waals surface area contributed by atoms with E-state index in [0.717, 1.165) is 5.92 Å².